The number of nitrogens with zero attached hydrogens (tertiary/aromatic N) is 3. The Morgan fingerprint density at radius 1 is 1.16 bits per heavy atom. The molecule has 0 radical (unpaired) electrons. The summed E-state index contributed by atoms with van der Waals surface area (Å²) in [6, 6.07) is 18.2. The highest BCUT2D eigenvalue weighted by atomic mass is 32.2. The summed E-state index contributed by atoms with van der Waals surface area (Å²) < 4.78 is 2.16. The van der Waals surface area contributed by atoms with Crippen molar-refractivity contribution in [3.8, 4) is 0 Å². The van der Waals surface area contributed by atoms with Gasteiger partial charge in [0.25, 0.3) is 0 Å². The maximum atomic E-state index is 12.6. The second kappa shape index (κ2) is 7.74. The van der Waals surface area contributed by atoms with Gasteiger partial charge >= 0.3 is 0 Å². The largest absolute Gasteiger partial charge is 0.338 e. The third kappa shape index (κ3) is 3.71. The van der Waals surface area contributed by atoms with Gasteiger partial charge < -0.3 is 9.47 Å². The molecule has 3 aromatic rings. The highest BCUT2D eigenvalue weighted by Crippen LogP contribution is 2.25. The number of carbonyl (C=O) groups excluding carboxylic acids is 1. The Hall–Kier alpha value is -2.27. The number of hydrogen-bond donors (Lipinski definition) is 0. The van der Waals surface area contributed by atoms with E-state index in [9.17, 15) is 4.79 Å². The van der Waals surface area contributed by atoms with Crippen molar-refractivity contribution in [2.45, 2.75) is 31.6 Å². The molecule has 1 amide bonds. The maximum Gasteiger partial charge on any atom is 0.233 e. The van der Waals surface area contributed by atoms with Crippen molar-refractivity contribution >= 4 is 28.7 Å². The quantitative estimate of drug-likeness (QED) is 0.618. The van der Waals surface area contributed by atoms with Crippen LogP contribution in [0.2, 0.25) is 0 Å². The van der Waals surface area contributed by atoms with Gasteiger partial charge in [0.15, 0.2) is 5.16 Å². The van der Waals surface area contributed by atoms with Gasteiger partial charge in [0.05, 0.1) is 22.8 Å². The van der Waals surface area contributed by atoms with Crippen molar-refractivity contribution in [1.29, 1.82) is 0 Å². The Kier molecular flexibility index (Phi) is 5.43. The Balaban J connectivity index is 1.70. The zero-order valence-electron chi connectivity index (χ0n) is 14.8. The lowest BCUT2D eigenvalue weighted by atomic mass is 10.1. The summed E-state index contributed by atoms with van der Waals surface area (Å²) in [5, 5.41) is 0.901. The summed E-state index contributed by atoms with van der Waals surface area (Å²) in [4.78, 5) is 19.1. The van der Waals surface area contributed by atoms with E-state index in [0.29, 0.717) is 5.75 Å². The average molecular weight is 353 g/mol. The minimum Gasteiger partial charge on any atom is -0.338 e. The van der Waals surface area contributed by atoms with Crippen LogP contribution < -0.4 is 0 Å². The monoisotopic (exact) mass is 353 g/mol. The van der Waals surface area contributed by atoms with E-state index >= 15 is 0 Å². The predicted molar refractivity (Wildman–Crippen MR) is 104 cm³/mol. The molecular formula is C20H23N3OS. The lowest BCUT2D eigenvalue weighted by Crippen LogP contribution is -2.31. The Bertz CT molecular complexity index is 860. The lowest BCUT2D eigenvalue weighted by molar-refractivity contribution is -0.128. The normalized spacial score (nSPS) is 12.3. The van der Waals surface area contributed by atoms with E-state index in [1.54, 1.807) is 4.90 Å². The first-order chi connectivity index (χ1) is 12.1. The lowest BCUT2D eigenvalue weighted by Gasteiger charge is -2.25. The molecule has 0 fully saturated rings. The number of carbonyl (C=O) groups is 1. The van der Waals surface area contributed by atoms with Gasteiger partial charge in [-0.25, -0.2) is 4.98 Å². The van der Waals surface area contributed by atoms with Crippen molar-refractivity contribution in [1.82, 2.24) is 14.5 Å². The van der Waals surface area contributed by atoms with Gasteiger partial charge in [0.1, 0.15) is 0 Å². The Morgan fingerprint density at radius 2 is 1.84 bits per heavy atom. The molecule has 4 nitrogen and oxygen atoms in total. The predicted octanol–water partition coefficient (Wildman–Crippen LogP) is 4.37. The fourth-order valence-electron chi connectivity index (χ4n) is 2.87. The zero-order chi connectivity index (χ0) is 17.8. The van der Waals surface area contributed by atoms with Gasteiger partial charge in [-0.05, 0) is 31.5 Å². The Labute approximate surface area is 152 Å². The number of imidazole rings is 1. The highest BCUT2D eigenvalue weighted by Gasteiger charge is 2.19. The van der Waals surface area contributed by atoms with Crippen molar-refractivity contribution in [3.63, 3.8) is 0 Å². The molecule has 0 aliphatic carbocycles. The summed E-state index contributed by atoms with van der Waals surface area (Å²) in [7, 11) is 1.86. The van der Waals surface area contributed by atoms with E-state index in [4.69, 9.17) is 0 Å². The molecule has 5 heteroatoms. The van der Waals surface area contributed by atoms with Crippen LogP contribution in [0.3, 0.4) is 0 Å². The molecule has 0 aliphatic heterocycles. The van der Waals surface area contributed by atoms with E-state index in [1.165, 1.54) is 11.8 Å². The number of hydrogen-bond acceptors (Lipinski definition) is 3. The zero-order valence-corrected chi connectivity index (χ0v) is 15.7. The summed E-state index contributed by atoms with van der Waals surface area (Å²) in [5.41, 5.74) is 3.24. The van der Waals surface area contributed by atoms with Crippen LogP contribution in [0.5, 0.6) is 0 Å². The van der Waals surface area contributed by atoms with Crippen LogP contribution in [0, 0.1) is 0 Å². The molecule has 0 spiro atoms. The van der Waals surface area contributed by atoms with Gasteiger partial charge in [0.2, 0.25) is 5.91 Å². The molecule has 1 heterocycles. The molecule has 2 aromatic carbocycles. The third-order valence-electron chi connectivity index (χ3n) is 4.52. The maximum absolute atomic E-state index is 12.6. The van der Waals surface area contributed by atoms with Gasteiger partial charge in [0, 0.05) is 13.6 Å². The van der Waals surface area contributed by atoms with Crippen LogP contribution in [-0.2, 0) is 11.3 Å². The molecule has 1 unspecified atom stereocenters. The topological polar surface area (TPSA) is 38.1 Å². The van der Waals surface area contributed by atoms with Crippen molar-refractivity contribution in [3.05, 3.63) is 60.2 Å². The first kappa shape index (κ1) is 17.5. The fourth-order valence-corrected chi connectivity index (χ4v) is 3.87. The molecule has 0 saturated heterocycles. The SMILES string of the molecule is CCn1c(SCC(=O)N(C)C(C)c2ccccc2)nc2ccccc21. The van der Waals surface area contributed by atoms with E-state index in [-0.39, 0.29) is 11.9 Å². The summed E-state index contributed by atoms with van der Waals surface area (Å²) in [6.45, 7) is 5.00. The molecule has 25 heavy (non-hydrogen) atoms. The smallest absolute Gasteiger partial charge is 0.233 e. The summed E-state index contributed by atoms with van der Waals surface area (Å²) >= 11 is 1.51. The highest BCUT2D eigenvalue weighted by molar-refractivity contribution is 7.99. The van der Waals surface area contributed by atoms with Crippen LogP contribution in [0.25, 0.3) is 11.0 Å². The van der Waals surface area contributed by atoms with Crippen LogP contribution in [-0.4, -0.2) is 33.2 Å². The molecule has 0 bridgehead atoms. The van der Waals surface area contributed by atoms with E-state index in [1.807, 2.05) is 43.4 Å². The molecule has 3 rings (SSSR count). The first-order valence-corrected chi connectivity index (χ1v) is 9.49. The number of aryl methyl sites for hydroxylation is 1. The molecule has 0 saturated carbocycles. The molecule has 1 atom stereocenters. The van der Waals surface area contributed by atoms with Crippen LogP contribution in [0.1, 0.15) is 25.5 Å². The minimum absolute atomic E-state index is 0.0549. The summed E-state index contributed by atoms with van der Waals surface area (Å²) in [5.74, 6) is 0.493. The van der Waals surface area contributed by atoms with Gasteiger partial charge in [-0.3, -0.25) is 4.79 Å². The van der Waals surface area contributed by atoms with Gasteiger partial charge in [-0.1, -0.05) is 54.2 Å². The standard InChI is InChI=1S/C20H23N3OS/c1-4-23-18-13-9-8-12-17(18)21-20(23)25-14-19(24)22(3)15(2)16-10-6-5-7-11-16/h5-13,15H,4,14H2,1-3H3. The van der Waals surface area contributed by atoms with E-state index in [2.05, 4.69) is 41.6 Å². The molecule has 0 N–H and O–H groups in total. The van der Waals surface area contributed by atoms with Crippen LogP contribution in [0.15, 0.2) is 59.8 Å². The number of rotatable bonds is 6. The Morgan fingerprint density at radius 3 is 2.56 bits per heavy atom. The second-order valence-electron chi connectivity index (χ2n) is 6.01. The molecular weight excluding hydrogens is 330 g/mol. The third-order valence-corrected chi connectivity index (χ3v) is 5.48. The fraction of sp³-hybridized carbons (Fsp3) is 0.300. The van der Waals surface area contributed by atoms with Crippen LogP contribution in [0.4, 0.5) is 0 Å². The van der Waals surface area contributed by atoms with Gasteiger partial charge in [-0.15, -0.1) is 0 Å². The molecule has 0 aliphatic rings. The summed E-state index contributed by atoms with van der Waals surface area (Å²) in [6.07, 6.45) is 0. The van der Waals surface area contributed by atoms with Crippen LogP contribution >= 0.6 is 11.8 Å². The number of fused-ring (bicyclic) bond motifs is 1. The van der Waals surface area contributed by atoms with Crippen molar-refractivity contribution in [2.24, 2.45) is 0 Å². The van der Waals surface area contributed by atoms with E-state index < -0.39 is 0 Å². The first-order valence-electron chi connectivity index (χ1n) is 8.50. The van der Waals surface area contributed by atoms with Crippen molar-refractivity contribution in [2.75, 3.05) is 12.8 Å². The number of aromatic nitrogens is 2. The molecule has 1 aromatic heterocycles. The van der Waals surface area contributed by atoms with E-state index in [0.717, 1.165) is 28.3 Å². The number of thioether (sulfide) groups is 1. The average Bonchev–Trinajstić information content (AvgIpc) is 3.03. The number of benzene rings is 2. The van der Waals surface area contributed by atoms with Gasteiger partial charge in [-0.2, -0.15) is 0 Å². The number of amides is 1. The van der Waals surface area contributed by atoms with Crippen molar-refractivity contribution < 1.29 is 4.79 Å². The molecule has 130 valence electrons. The minimum atomic E-state index is 0.0549. The number of para-hydroxylation sites is 2. The second-order valence-corrected chi connectivity index (χ2v) is 6.95.